The topological polar surface area (TPSA) is 35.5 Å². The summed E-state index contributed by atoms with van der Waals surface area (Å²) in [7, 11) is 3.24. The largest absolute Gasteiger partial charge is 0.497 e. The van der Waals surface area contributed by atoms with Gasteiger partial charge in [0.1, 0.15) is 11.5 Å². The molecule has 0 aromatic heterocycles. The monoisotopic (exact) mass is 256 g/mol. The van der Waals surface area contributed by atoms with E-state index in [0.717, 1.165) is 16.9 Å². The molecule has 0 fully saturated rings. The fourth-order valence-electron chi connectivity index (χ4n) is 1.92. The normalized spacial score (nSPS) is 10.1. The molecule has 0 aliphatic heterocycles. The molecule has 0 spiro atoms. The molecule has 0 N–H and O–H groups in total. The van der Waals surface area contributed by atoms with E-state index in [0.29, 0.717) is 11.3 Å². The molecule has 98 valence electrons. The van der Waals surface area contributed by atoms with Gasteiger partial charge in [-0.15, -0.1) is 0 Å². The number of hydrogen-bond acceptors (Lipinski definition) is 3. The zero-order chi connectivity index (χ0) is 13.8. The molecule has 0 amide bonds. The van der Waals surface area contributed by atoms with Crippen molar-refractivity contribution in [2.24, 2.45) is 0 Å². The molecule has 0 aliphatic carbocycles. The number of carbonyl (C=O) groups is 1. The second kappa shape index (κ2) is 5.57. The Hall–Kier alpha value is -2.29. The smallest absolute Gasteiger partial charge is 0.159 e. The molecule has 2 rings (SSSR count). The highest BCUT2D eigenvalue weighted by Gasteiger charge is 2.09. The van der Waals surface area contributed by atoms with Crippen molar-refractivity contribution in [1.82, 2.24) is 0 Å². The highest BCUT2D eigenvalue weighted by atomic mass is 16.5. The molecule has 0 bridgehead atoms. The molecule has 0 aliphatic rings. The second-order valence-corrected chi connectivity index (χ2v) is 4.20. The van der Waals surface area contributed by atoms with Gasteiger partial charge in [-0.1, -0.05) is 18.2 Å². The van der Waals surface area contributed by atoms with Gasteiger partial charge in [0.05, 0.1) is 14.2 Å². The van der Waals surface area contributed by atoms with Crippen molar-refractivity contribution >= 4 is 5.78 Å². The Bertz CT molecular complexity index is 585. The number of benzene rings is 2. The number of Topliss-reactive ketones (excluding diaryl/α,β-unsaturated/α-hetero) is 1. The van der Waals surface area contributed by atoms with Crippen LogP contribution in [0.15, 0.2) is 42.5 Å². The van der Waals surface area contributed by atoms with Crippen molar-refractivity contribution in [2.45, 2.75) is 6.92 Å². The van der Waals surface area contributed by atoms with E-state index in [1.54, 1.807) is 27.2 Å². The van der Waals surface area contributed by atoms with Crippen LogP contribution in [0.2, 0.25) is 0 Å². The number of hydrogen-bond donors (Lipinski definition) is 0. The molecular formula is C16H16O3. The van der Waals surface area contributed by atoms with Crippen molar-refractivity contribution < 1.29 is 14.3 Å². The fraction of sp³-hybridized carbons (Fsp3) is 0.188. The highest BCUT2D eigenvalue weighted by Crippen LogP contribution is 2.32. The molecule has 3 heteroatoms. The molecule has 0 unspecified atom stereocenters. The van der Waals surface area contributed by atoms with Crippen LogP contribution in [0.3, 0.4) is 0 Å². The van der Waals surface area contributed by atoms with E-state index in [4.69, 9.17) is 9.47 Å². The summed E-state index contributed by atoms with van der Waals surface area (Å²) in [5.74, 6) is 1.53. The quantitative estimate of drug-likeness (QED) is 0.784. The van der Waals surface area contributed by atoms with Crippen molar-refractivity contribution in [3.05, 3.63) is 48.0 Å². The first-order valence-electron chi connectivity index (χ1n) is 5.99. The molecule has 0 radical (unpaired) electrons. The maximum Gasteiger partial charge on any atom is 0.159 e. The van der Waals surface area contributed by atoms with Gasteiger partial charge < -0.3 is 9.47 Å². The number of rotatable bonds is 4. The average Bonchev–Trinajstić information content (AvgIpc) is 2.46. The molecule has 0 saturated heterocycles. The summed E-state index contributed by atoms with van der Waals surface area (Å²) in [6, 6.07) is 13.2. The van der Waals surface area contributed by atoms with Gasteiger partial charge in [-0.05, 0) is 36.8 Å². The van der Waals surface area contributed by atoms with Gasteiger partial charge in [-0.3, -0.25) is 4.79 Å². The minimum absolute atomic E-state index is 0.0274. The lowest BCUT2D eigenvalue weighted by Gasteiger charge is -2.10. The first-order valence-corrected chi connectivity index (χ1v) is 5.99. The SMILES string of the molecule is COc1ccc(-c2ccc(C(C)=O)cc2OC)cc1. The van der Waals surface area contributed by atoms with Crippen molar-refractivity contribution in [1.29, 1.82) is 0 Å². The number of carbonyl (C=O) groups excluding carboxylic acids is 1. The Morgan fingerprint density at radius 1 is 0.947 bits per heavy atom. The van der Waals surface area contributed by atoms with E-state index in [1.165, 1.54) is 0 Å². The molecule has 2 aromatic rings. The van der Waals surface area contributed by atoms with Gasteiger partial charge in [0.15, 0.2) is 5.78 Å². The summed E-state index contributed by atoms with van der Waals surface area (Å²) >= 11 is 0. The second-order valence-electron chi connectivity index (χ2n) is 4.20. The van der Waals surface area contributed by atoms with Crippen LogP contribution < -0.4 is 9.47 Å². The van der Waals surface area contributed by atoms with Gasteiger partial charge in [0.25, 0.3) is 0 Å². The van der Waals surface area contributed by atoms with E-state index >= 15 is 0 Å². The first kappa shape index (κ1) is 13.1. The summed E-state index contributed by atoms with van der Waals surface area (Å²) in [5.41, 5.74) is 2.62. The van der Waals surface area contributed by atoms with Gasteiger partial charge in [0.2, 0.25) is 0 Å². The van der Waals surface area contributed by atoms with Crippen LogP contribution >= 0.6 is 0 Å². The summed E-state index contributed by atoms with van der Waals surface area (Å²) in [4.78, 5) is 11.4. The van der Waals surface area contributed by atoms with Crippen LogP contribution in [0, 0.1) is 0 Å². The van der Waals surface area contributed by atoms with Gasteiger partial charge in [-0.2, -0.15) is 0 Å². The Morgan fingerprint density at radius 2 is 1.63 bits per heavy atom. The molecule has 3 nitrogen and oxygen atoms in total. The minimum Gasteiger partial charge on any atom is -0.497 e. The maximum absolute atomic E-state index is 11.4. The van der Waals surface area contributed by atoms with E-state index in [1.807, 2.05) is 36.4 Å². The third-order valence-electron chi connectivity index (χ3n) is 3.01. The zero-order valence-corrected chi connectivity index (χ0v) is 11.3. The maximum atomic E-state index is 11.4. The fourth-order valence-corrected chi connectivity index (χ4v) is 1.92. The molecular weight excluding hydrogens is 240 g/mol. The zero-order valence-electron chi connectivity index (χ0n) is 11.3. The van der Waals surface area contributed by atoms with Gasteiger partial charge >= 0.3 is 0 Å². The Balaban J connectivity index is 2.45. The van der Waals surface area contributed by atoms with Crippen molar-refractivity contribution in [3.8, 4) is 22.6 Å². The first-order chi connectivity index (χ1) is 9.15. The lowest BCUT2D eigenvalue weighted by Crippen LogP contribution is -1.95. The molecule has 0 atom stereocenters. The van der Waals surface area contributed by atoms with E-state index in [2.05, 4.69) is 0 Å². The lowest BCUT2D eigenvalue weighted by molar-refractivity contribution is 0.101. The van der Waals surface area contributed by atoms with E-state index in [9.17, 15) is 4.79 Å². The summed E-state index contributed by atoms with van der Waals surface area (Å²) in [5, 5.41) is 0. The van der Waals surface area contributed by atoms with Gasteiger partial charge in [0, 0.05) is 11.1 Å². The summed E-state index contributed by atoms with van der Waals surface area (Å²) in [6.07, 6.45) is 0. The molecule has 19 heavy (non-hydrogen) atoms. The highest BCUT2D eigenvalue weighted by molar-refractivity contribution is 5.95. The third-order valence-corrected chi connectivity index (χ3v) is 3.01. The summed E-state index contributed by atoms with van der Waals surface area (Å²) in [6.45, 7) is 1.54. The van der Waals surface area contributed by atoms with Crippen molar-refractivity contribution in [2.75, 3.05) is 14.2 Å². The van der Waals surface area contributed by atoms with Crippen LogP contribution in [0.5, 0.6) is 11.5 Å². The molecule has 0 saturated carbocycles. The van der Waals surface area contributed by atoms with Crippen LogP contribution in [0.4, 0.5) is 0 Å². The van der Waals surface area contributed by atoms with E-state index < -0.39 is 0 Å². The Kier molecular flexibility index (Phi) is 3.85. The predicted molar refractivity (Wildman–Crippen MR) is 75.0 cm³/mol. The van der Waals surface area contributed by atoms with E-state index in [-0.39, 0.29) is 5.78 Å². The van der Waals surface area contributed by atoms with Crippen LogP contribution in [0.25, 0.3) is 11.1 Å². The number of methoxy groups -OCH3 is 2. The van der Waals surface area contributed by atoms with Crippen molar-refractivity contribution in [3.63, 3.8) is 0 Å². The standard InChI is InChI=1S/C16H16O3/c1-11(17)13-6-9-15(16(10-13)19-3)12-4-7-14(18-2)8-5-12/h4-10H,1-3H3. The minimum atomic E-state index is 0.0274. The predicted octanol–water partition coefficient (Wildman–Crippen LogP) is 3.57. The lowest BCUT2D eigenvalue weighted by atomic mass is 10.0. The van der Waals surface area contributed by atoms with Crippen LogP contribution in [-0.2, 0) is 0 Å². The van der Waals surface area contributed by atoms with Crippen LogP contribution in [0.1, 0.15) is 17.3 Å². The van der Waals surface area contributed by atoms with Gasteiger partial charge in [-0.25, -0.2) is 0 Å². The molecule has 2 aromatic carbocycles. The number of ether oxygens (including phenoxy) is 2. The Morgan fingerprint density at radius 3 is 2.16 bits per heavy atom. The third kappa shape index (κ3) is 2.76. The molecule has 0 heterocycles. The number of ketones is 1. The summed E-state index contributed by atoms with van der Waals surface area (Å²) < 4.78 is 10.5. The van der Waals surface area contributed by atoms with Crippen LogP contribution in [-0.4, -0.2) is 20.0 Å². The average molecular weight is 256 g/mol. The Labute approximate surface area is 112 Å².